The van der Waals surface area contributed by atoms with Gasteiger partial charge in [0.2, 0.25) is 0 Å². The van der Waals surface area contributed by atoms with Crippen molar-refractivity contribution in [2.24, 2.45) is 0 Å². The summed E-state index contributed by atoms with van der Waals surface area (Å²) in [7, 11) is 0. The Hall–Kier alpha value is -1.29. The van der Waals surface area contributed by atoms with Crippen molar-refractivity contribution < 1.29 is 9.63 Å². The average Bonchev–Trinajstić information content (AvgIpc) is 2.45. The zero-order chi connectivity index (χ0) is 10.1. The first-order valence-electron chi connectivity index (χ1n) is 4.72. The molecule has 0 aromatic rings. The average molecular weight is 194 g/mol. The molecule has 0 saturated carbocycles. The van der Waals surface area contributed by atoms with Crippen LogP contribution in [0.25, 0.3) is 0 Å². The van der Waals surface area contributed by atoms with E-state index in [0.29, 0.717) is 13.2 Å². The minimum atomic E-state index is -0.0371. The van der Waals surface area contributed by atoms with E-state index in [0.717, 1.165) is 6.54 Å². The van der Waals surface area contributed by atoms with Crippen LogP contribution in [0.4, 0.5) is 4.79 Å². The Morgan fingerprint density at radius 1 is 1.79 bits per heavy atom. The molecule has 0 aromatic heterocycles. The minimum Gasteiger partial charge on any atom is -0.317 e. The van der Waals surface area contributed by atoms with Gasteiger partial charge in [0.15, 0.2) is 0 Å². The fraction of sp³-hybridized carbons (Fsp3) is 0.500. The lowest BCUT2D eigenvalue weighted by atomic mass is 10.1. The number of hydrogen-bond acceptors (Lipinski definition) is 2. The molecule has 76 valence electrons. The quantitative estimate of drug-likeness (QED) is 0.632. The molecule has 4 nitrogen and oxygen atoms in total. The first-order chi connectivity index (χ1) is 6.74. The van der Waals surface area contributed by atoms with Crippen molar-refractivity contribution in [3.05, 3.63) is 24.3 Å². The highest BCUT2D eigenvalue weighted by molar-refractivity contribution is 5.77. The van der Waals surface area contributed by atoms with E-state index in [1.165, 1.54) is 10.6 Å². The molecule has 0 aromatic carbocycles. The van der Waals surface area contributed by atoms with Crippen molar-refractivity contribution in [1.29, 1.82) is 0 Å². The van der Waals surface area contributed by atoms with Crippen molar-refractivity contribution in [2.45, 2.75) is 13.0 Å². The Morgan fingerprint density at radius 3 is 3.29 bits per heavy atom. The van der Waals surface area contributed by atoms with Gasteiger partial charge in [0.1, 0.15) is 0 Å². The second kappa shape index (κ2) is 3.46. The standard InChI is InChI=1S/C10H14N2O2/c1-3-6-14-12-9-7-11(10(12)13)5-4-8(9)2/h3-4,9H,1,5-7H2,2H3/t9-/m1/s1. The van der Waals surface area contributed by atoms with Gasteiger partial charge in [0.25, 0.3) is 0 Å². The molecular weight excluding hydrogens is 180 g/mol. The largest absolute Gasteiger partial charge is 0.344 e. The zero-order valence-electron chi connectivity index (χ0n) is 8.27. The molecule has 0 N–H and O–H groups in total. The molecule has 0 radical (unpaired) electrons. The van der Waals surface area contributed by atoms with E-state index < -0.39 is 0 Å². The van der Waals surface area contributed by atoms with Crippen molar-refractivity contribution in [3.8, 4) is 0 Å². The number of carbonyl (C=O) groups is 1. The summed E-state index contributed by atoms with van der Waals surface area (Å²) in [5.74, 6) is 0. The minimum absolute atomic E-state index is 0.0371. The number of fused-ring (bicyclic) bond motifs is 2. The summed E-state index contributed by atoms with van der Waals surface area (Å²) in [6.45, 7) is 7.42. The number of urea groups is 1. The van der Waals surface area contributed by atoms with Crippen LogP contribution in [-0.4, -0.2) is 41.7 Å². The van der Waals surface area contributed by atoms with E-state index in [4.69, 9.17) is 4.84 Å². The maximum atomic E-state index is 11.7. The highest BCUT2D eigenvalue weighted by Gasteiger charge is 2.41. The third kappa shape index (κ3) is 1.32. The Morgan fingerprint density at radius 2 is 2.57 bits per heavy atom. The fourth-order valence-corrected chi connectivity index (χ4v) is 1.78. The SMILES string of the molecule is C=CCON1C(=O)N2CC=C(C)[C@H]1C2. The van der Waals surface area contributed by atoms with Crippen LogP contribution in [-0.2, 0) is 4.84 Å². The van der Waals surface area contributed by atoms with E-state index in [9.17, 15) is 4.79 Å². The molecule has 4 heteroatoms. The molecule has 2 rings (SSSR count). The smallest absolute Gasteiger partial charge is 0.317 e. The summed E-state index contributed by atoms with van der Waals surface area (Å²) in [5, 5.41) is 1.46. The lowest BCUT2D eigenvalue weighted by molar-refractivity contribution is -0.109. The molecule has 2 aliphatic heterocycles. The van der Waals surface area contributed by atoms with Gasteiger partial charge in [-0.05, 0) is 12.5 Å². The van der Waals surface area contributed by atoms with Crippen LogP contribution in [0.5, 0.6) is 0 Å². The molecule has 0 spiro atoms. The predicted molar refractivity (Wildman–Crippen MR) is 52.5 cm³/mol. The molecule has 1 saturated heterocycles. The third-order valence-corrected chi connectivity index (χ3v) is 2.63. The van der Waals surface area contributed by atoms with Crippen molar-refractivity contribution in [1.82, 2.24) is 9.96 Å². The van der Waals surface area contributed by atoms with Crippen LogP contribution >= 0.6 is 0 Å². The molecule has 1 atom stereocenters. The maximum absolute atomic E-state index is 11.7. The van der Waals surface area contributed by atoms with E-state index in [1.54, 1.807) is 11.0 Å². The number of hydrogen-bond donors (Lipinski definition) is 0. The van der Waals surface area contributed by atoms with E-state index in [1.807, 2.05) is 6.92 Å². The Kier molecular flexibility index (Phi) is 2.29. The zero-order valence-corrected chi connectivity index (χ0v) is 8.27. The predicted octanol–water partition coefficient (Wildman–Crippen LogP) is 1.17. The summed E-state index contributed by atoms with van der Waals surface area (Å²) >= 11 is 0. The molecule has 2 heterocycles. The summed E-state index contributed by atoms with van der Waals surface area (Å²) in [5.41, 5.74) is 1.20. The second-order valence-corrected chi connectivity index (χ2v) is 3.56. The molecule has 2 amide bonds. The molecular formula is C10H14N2O2. The molecule has 0 aliphatic carbocycles. The Labute approximate surface area is 83.4 Å². The summed E-state index contributed by atoms with van der Waals surface area (Å²) in [4.78, 5) is 18.8. The Balaban J connectivity index is 2.13. The first-order valence-corrected chi connectivity index (χ1v) is 4.72. The summed E-state index contributed by atoms with van der Waals surface area (Å²) in [6, 6.07) is 0.0566. The molecule has 2 bridgehead atoms. The van der Waals surface area contributed by atoms with E-state index in [-0.39, 0.29) is 12.1 Å². The van der Waals surface area contributed by atoms with Crippen LogP contribution in [0, 0.1) is 0 Å². The topological polar surface area (TPSA) is 32.8 Å². The van der Waals surface area contributed by atoms with Crippen LogP contribution in [0.2, 0.25) is 0 Å². The summed E-state index contributed by atoms with van der Waals surface area (Å²) < 4.78 is 0. The lowest BCUT2D eigenvalue weighted by Crippen LogP contribution is -2.34. The monoisotopic (exact) mass is 194 g/mol. The molecule has 1 fully saturated rings. The number of amides is 2. The number of rotatable bonds is 3. The van der Waals surface area contributed by atoms with Gasteiger partial charge in [0.05, 0.1) is 12.6 Å². The van der Waals surface area contributed by atoms with Crippen LogP contribution in [0.1, 0.15) is 6.92 Å². The van der Waals surface area contributed by atoms with Gasteiger partial charge in [-0.25, -0.2) is 4.79 Å². The van der Waals surface area contributed by atoms with Gasteiger partial charge in [-0.15, -0.1) is 6.58 Å². The maximum Gasteiger partial charge on any atom is 0.344 e. The molecule has 0 unspecified atom stereocenters. The van der Waals surface area contributed by atoms with E-state index >= 15 is 0 Å². The van der Waals surface area contributed by atoms with Gasteiger partial charge in [-0.2, -0.15) is 5.06 Å². The third-order valence-electron chi connectivity index (χ3n) is 2.63. The number of nitrogens with zero attached hydrogens (tertiary/aromatic N) is 2. The van der Waals surface area contributed by atoms with Crippen LogP contribution in [0.15, 0.2) is 24.3 Å². The van der Waals surface area contributed by atoms with Gasteiger partial charge in [-0.3, -0.25) is 4.84 Å². The normalized spacial score (nSPS) is 25.4. The van der Waals surface area contributed by atoms with Gasteiger partial charge in [0, 0.05) is 13.1 Å². The van der Waals surface area contributed by atoms with Crippen molar-refractivity contribution >= 4 is 6.03 Å². The van der Waals surface area contributed by atoms with E-state index in [2.05, 4.69) is 12.7 Å². The number of carbonyl (C=O) groups excluding carboxylic acids is 1. The highest BCUT2D eigenvalue weighted by atomic mass is 16.7. The molecule has 2 aliphatic rings. The van der Waals surface area contributed by atoms with Gasteiger partial charge in [-0.1, -0.05) is 12.2 Å². The summed E-state index contributed by atoms with van der Waals surface area (Å²) in [6.07, 6.45) is 3.72. The first kappa shape index (κ1) is 9.27. The van der Waals surface area contributed by atoms with Crippen molar-refractivity contribution in [3.63, 3.8) is 0 Å². The molecule has 14 heavy (non-hydrogen) atoms. The van der Waals surface area contributed by atoms with Gasteiger partial charge < -0.3 is 4.90 Å². The van der Waals surface area contributed by atoms with Crippen molar-refractivity contribution in [2.75, 3.05) is 19.7 Å². The lowest BCUT2D eigenvalue weighted by Gasteiger charge is -2.22. The second-order valence-electron chi connectivity index (χ2n) is 3.56. The fourth-order valence-electron chi connectivity index (χ4n) is 1.78. The van der Waals surface area contributed by atoms with Gasteiger partial charge >= 0.3 is 6.03 Å². The van der Waals surface area contributed by atoms with Crippen LogP contribution in [0.3, 0.4) is 0 Å². The van der Waals surface area contributed by atoms with Crippen LogP contribution < -0.4 is 0 Å². The highest BCUT2D eigenvalue weighted by Crippen LogP contribution is 2.25. The number of hydroxylamine groups is 2. The Bertz CT molecular complexity index is 298.